The molecule has 0 aromatic heterocycles. The molecule has 2 atom stereocenters. The van der Waals surface area contributed by atoms with E-state index in [-0.39, 0.29) is 29.3 Å². The van der Waals surface area contributed by atoms with E-state index in [1.165, 1.54) is 16.7 Å². The van der Waals surface area contributed by atoms with Crippen LogP contribution in [0, 0.1) is 5.92 Å². The van der Waals surface area contributed by atoms with Crippen molar-refractivity contribution >= 4 is 29.5 Å². The Labute approximate surface area is 161 Å². The van der Waals surface area contributed by atoms with E-state index >= 15 is 0 Å². The zero-order valence-corrected chi connectivity index (χ0v) is 15.4. The van der Waals surface area contributed by atoms with Crippen LogP contribution in [0.1, 0.15) is 18.4 Å². The lowest BCUT2D eigenvalue weighted by Crippen LogP contribution is -2.70. The van der Waals surface area contributed by atoms with Gasteiger partial charge in [0.25, 0.3) is 5.91 Å². The zero-order chi connectivity index (χ0) is 19.0. The Bertz CT molecular complexity index is 845. The largest absolute Gasteiger partial charge is 0.477 e. The summed E-state index contributed by atoms with van der Waals surface area (Å²) in [5.41, 5.74) is 1.58. The van der Waals surface area contributed by atoms with Gasteiger partial charge in [-0.3, -0.25) is 14.5 Å². The Hall–Kier alpha value is -2.54. The van der Waals surface area contributed by atoms with Gasteiger partial charge in [-0.2, -0.15) is 0 Å². The first-order valence-corrected chi connectivity index (χ1v) is 10.0. The van der Waals surface area contributed by atoms with Gasteiger partial charge >= 0.3 is 5.97 Å². The molecule has 1 aromatic rings. The number of thioether (sulfide) groups is 1. The Morgan fingerprint density at radius 3 is 2.67 bits per heavy atom. The SMILES string of the molecule is O=C(Cc1ccccc1)N[C@@H]1C(=O)N2C(C(=O)O)=C(/C=C/C3CC3)CSC12. The fourth-order valence-corrected chi connectivity index (χ4v) is 4.64. The highest BCUT2D eigenvalue weighted by Gasteiger charge is 2.53. The van der Waals surface area contributed by atoms with Crippen LogP contribution < -0.4 is 5.32 Å². The zero-order valence-electron chi connectivity index (χ0n) is 14.6. The third-order valence-corrected chi connectivity index (χ3v) is 6.22. The third-order valence-electron chi connectivity index (χ3n) is 4.92. The second kappa shape index (κ2) is 7.23. The molecule has 27 heavy (non-hydrogen) atoms. The van der Waals surface area contributed by atoms with Crippen LogP contribution in [0.25, 0.3) is 0 Å². The van der Waals surface area contributed by atoms with E-state index in [1.54, 1.807) is 0 Å². The minimum atomic E-state index is -1.10. The topological polar surface area (TPSA) is 86.7 Å². The fourth-order valence-electron chi connectivity index (χ4n) is 3.32. The number of nitrogens with one attached hydrogen (secondary N) is 1. The molecule has 140 valence electrons. The molecule has 1 saturated carbocycles. The summed E-state index contributed by atoms with van der Waals surface area (Å²) in [5, 5.41) is 12.0. The molecule has 2 fully saturated rings. The van der Waals surface area contributed by atoms with E-state index in [1.807, 2.05) is 42.5 Å². The first-order valence-electron chi connectivity index (χ1n) is 8.97. The van der Waals surface area contributed by atoms with Gasteiger partial charge in [0.1, 0.15) is 17.1 Å². The second-order valence-corrected chi connectivity index (χ2v) is 8.10. The first-order chi connectivity index (χ1) is 13.0. The maximum Gasteiger partial charge on any atom is 0.352 e. The lowest BCUT2D eigenvalue weighted by atomic mass is 10.0. The number of carboxylic acids is 1. The molecular weight excluding hydrogens is 364 g/mol. The number of fused-ring (bicyclic) bond motifs is 1. The van der Waals surface area contributed by atoms with Crippen molar-refractivity contribution in [3.63, 3.8) is 0 Å². The van der Waals surface area contributed by atoms with Gasteiger partial charge in [-0.05, 0) is 29.9 Å². The number of hydrogen-bond donors (Lipinski definition) is 2. The van der Waals surface area contributed by atoms with E-state index < -0.39 is 12.0 Å². The van der Waals surface area contributed by atoms with Gasteiger partial charge in [-0.1, -0.05) is 42.5 Å². The Morgan fingerprint density at radius 2 is 2.00 bits per heavy atom. The Balaban J connectivity index is 1.45. The summed E-state index contributed by atoms with van der Waals surface area (Å²) < 4.78 is 0. The second-order valence-electron chi connectivity index (χ2n) is 6.99. The van der Waals surface area contributed by atoms with Crippen LogP contribution >= 0.6 is 11.8 Å². The van der Waals surface area contributed by atoms with Crippen molar-refractivity contribution in [3.8, 4) is 0 Å². The average Bonchev–Trinajstić information content (AvgIpc) is 3.48. The predicted molar refractivity (Wildman–Crippen MR) is 102 cm³/mol. The Morgan fingerprint density at radius 1 is 1.26 bits per heavy atom. The van der Waals surface area contributed by atoms with Gasteiger partial charge in [0.15, 0.2) is 0 Å². The standard InChI is InChI=1S/C20H20N2O4S/c23-15(10-13-4-2-1-3-5-13)21-16-18(24)22-17(20(25)26)14(11-27-19(16)22)9-8-12-6-7-12/h1-5,8-9,12,16,19H,6-7,10-11H2,(H,21,23)(H,25,26)/b9-8+/t16-,19?/m1/s1. The molecule has 2 N–H and O–H groups in total. The minimum absolute atomic E-state index is 0.0502. The van der Waals surface area contributed by atoms with Crippen molar-refractivity contribution in [3.05, 3.63) is 59.3 Å². The van der Waals surface area contributed by atoms with Crippen molar-refractivity contribution in [1.29, 1.82) is 0 Å². The number of carbonyl (C=O) groups excluding carboxylic acids is 2. The molecule has 1 unspecified atom stereocenters. The molecule has 0 spiro atoms. The quantitative estimate of drug-likeness (QED) is 0.732. The van der Waals surface area contributed by atoms with Crippen molar-refractivity contribution < 1.29 is 19.5 Å². The van der Waals surface area contributed by atoms with Gasteiger partial charge in [-0.25, -0.2) is 4.79 Å². The van der Waals surface area contributed by atoms with Crippen LogP contribution in [-0.4, -0.2) is 45.0 Å². The summed E-state index contributed by atoms with van der Waals surface area (Å²) >= 11 is 1.49. The molecular formula is C20H20N2O4S. The Kier molecular flexibility index (Phi) is 4.78. The molecule has 4 rings (SSSR count). The van der Waals surface area contributed by atoms with Gasteiger partial charge in [-0.15, -0.1) is 11.8 Å². The van der Waals surface area contributed by atoms with E-state index in [2.05, 4.69) is 5.32 Å². The molecule has 0 bridgehead atoms. The normalized spacial score (nSPS) is 24.6. The molecule has 2 aliphatic heterocycles. The van der Waals surface area contributed by atoms with Crippen LogP contribution in [0.5, 0.6) is 0 Å². The molecule has 6 nitrogen and oxygen atoms in total. The number of amides is 2. The highest BCUT2D eigenvalue weighted by Crippen LogP contribution is 2.41. The van der Waals surface area contributed by atoms with Crippen LogP contribution in [0.3, 0.4) is 0 Å². The summed E-state index contributed by atoms with van der Waals surface area (Å²) in [6.07, 6.45) is 6.35. The number of allylic oxidation sites excluding steroid dienone is 2. The van der Waals surface area contributed by atoms with Crippen LogP contribution in [0.15, 0.2) is 53.8 Å². The molecule has 1 aromatic carbocycles. The highest BCUT2D eigenvalue weighted by atomic mass is 32.2. The molecule has 0 radical (unpaired) electrons. The fraction of sp³-hybridized carbons (Fsp3) is 0.350. The van der Waals surface area contributed by atoms with Crippen molar-refractivity contribution in [1.82, 2.24) is 10.2 Å². The number of aliphatic carboxylic acids is 1. The predicted octanol–water partition coefficient (Wildman–Crippen LogP) is 1.93. The highest BCUT2D eigenvalue weighted by molar-refractivity contribution is 8.00. The number of carboxylic acid groups (broad SMARTS) is 1. The monoisotopic (exact) mass is 384 g/mol. The van der Waals surface area contributed by atoms with Crippen molar-refractivity contribution in [2.75, 3.05) is 5.75 Å². The molecule has 1 aliphatic carbocycles. The number of carbonyl (C=O) groups is 3. The van der Waals surface area contributed by atoms with Gasteiger partial charge < -0.3 is 10.4 Å². The maximum absolute atomic E-state index is 12.6. The van der Waals surface area contributed by atoms with Gasteiger partial charge in [0.2, 0.25) is 5.91 Å². The van der Waals surface area contributed by atoms with E-state index in [0.717, 1.165) is 18.4 Å². The summed E-state index contributed by atoms with van der Waals surface area (Å²) in [6, 6.07) is 8.63. The number of β-lactam (4-membered cyclic amide) rings is 1. The molecule has 2 amide bonds. The minimum Gasteiger partial charge on any atom is -0.477 e. The molecule has 3 aliphatic rings. The lowest BCUT2D eigenvalue weighted by molar-refractivity contribution is -0.150. The summed E-state index contributed by atoms with van der Waals surface area (Å²) in [7, 11) is 0. The van der Waals surface area contributed by atoms with Crippen molar-refractivity contribution in [2.24, 2.45) is 5.92 Å². The van der Waals surface area contributed by atoms with Crippen molar-refractivity contribution in [2.45, 2.75) is 30.7 Å². The maximum atomic E-state index is 12.6. The third kappa shape index (κ3) is 3.64. The van der Waals surface area contributed by atoms with Crippen LogP contribution in [0.4, 0.5) is 0 Å². The smallest absolute Gasteiger partial charge is 0.352 e. The van der Waals surface area contributed by atoms with Crippen LogP contribution in [-0.2, 0) is 20.8 Å². The van der Waals surface area contributed by atoms with E-state index in [4.69, 9.17) is 0 Å². The van der Waals surface area contributed by atoms with Crippen LogP contribution in [0.2, 0.25) is 0 Å². The first kappa shape index (κ1) is 17.9. The number of benzene rings is 1. The number of hydrogen-bond acceptors (Lipinski definition) is 4. The summed E-state index contributed by atoms with van der Waals surface area (Å²) in [6.45, 7) is 0. The van der Waals surface area contributed by atoms with Gasteiger partial charge in [0.05, 0.1) is 6.42 Å². The summed E-state index contributed by atoms with van der Waals surface area (Å²) in [4.78, 5) is 37.9. The molecule has 1 saturated heterocycles. The van der Waals surface area contributed by atoms with E-state index in [9.17, 15) is 19.5 Å². The number of rotatable bonds is 6. The number of nitrogens with zero attached hydrogens (tertiary/aromatic N) is 1. The molecule has 2 heterocycles. The average molecular weight is 384 g/mol. The summed E-state index contributed by atoms with van der Waals surface area (Å²) in [5.74, 6) is -0.640. The van der Waals surface area contributed by atoms with E-state index in [0.29, 0.717) is 17.2 Å². The lowest BCUT2D eigenvalue weighted by Gasteiger charge is -2.49. The van der Waals surface area contributed by atoms with Gasteiger partial charge in [0, 0.05) is 5.75 Å². The molecule has 7 heteroatoms.